The van der Waals surface area contributed by atoms with Gasteiger partial charge in [0.15, 0.2) is 0 Å². The molecule has 0 spiro atoms. The van der Waals surface area contributed by atoms with Gasteiger partial charge in [0.1, 0.15) is 0 Å². The number of allylic oxidation sites excluding steroid dienone is 9. The van der Waals surface area contributed by atoms with Crippen molar-refractivity contribution < 1.29 is 0 Å². The molecular weight excluding hydrogens is 1010 g/mol. The van der Waals surface area contributed by atoms with Gasteiger partial charge in [-0.25, -0.2) is 0 Å². The molecule has 2 heterocycles. The minimum Gasteiger partial charge on any atom is -0.334 e. The summed E-state index contributed by atoms with van der Waals surface area (Å²) < 4.78 is 0. The van der Waals surface area contributed by atoms with Crippen LogP contribution in [0.3, 0.4) is 0 Å². The van der Waals surface area contributed by atoms with Gasteiger partial charge < -0.3 is 9.80 Å². The van der Waals surface area contributed by atoms with E-state index >= 15 is 0 Å². The van der Waals surface area contributed by atoms with Crippen LogP contribution in [0, 0.1) is 0 Å². The third kappa shape index (κ3) is 7.41. The third-order valence-electron chi connectivity index (χ3n) is 22.0. The number of anilines is 4. The molecule has 2 heteroatoms. The summed E-state index contributed by atoms with van der Waals surface area (Å²) in [4.78, 5) is 5.35. The maximum atomic E-state index is 4.71. The van der Waals surface area contributed by atoms with Crippen LogP contribution < -0.4 is 9.80 Å². The van der Waals surface area contributed by atoms with E-state index in [2.05, 4.69) is 268 Å². The van der Waals surface area contributed by atoms with Gasteiger partial charge in [-0.15, -0.1) is 0 Å². The quantitative estimate of drug-likeness (QED) is 0.153. The van der Waals surface area contributed by atoms with E-state index in [1.165, 1.54) is 179 Å². The number of benzene rings is 10. The summed E-state index contributed by atoms with van der Waals surface area (Å²) in [5, 5.41) is 7.82. The summed E-state index contributed by atoms with van der Waals surface area (Å²) in [5.74, 6) is 0. The molecule has 4 unspecified atom stereocenters. The molecule has 2 saturated carbocycles. The first kappa shape index (κ1) is 51.0. The summed E-state index contributed by atoms with van der Waals surface area (Å²) >= 11 is 0. The summed E-state index contributed by atoms with van der Waals surface area (Å²) in [6, 6.07) is 74.3. The second-order valence-electron chi connectivity index (χ2n) is 26.1. The van der Waals surface area contributed by atoms with Crippen molar-refractivity contribution in [3.8, 4) is 33.4 Å². The van der Waals surface area contributed by atoms with Crippen LogP contribution in [0.25, 0.3) is 76.8 Å². The molecule has 410 valence electrons. The number of hydrogen-bond acceptors (Lipinski definition) is 2. The molecule has 2 nitrogen and oxygen atoms in total. The Morgan fingerprint density at radius 2 is 0.964 bits per heavy atom. The number of nitrogens with zero attached hydrogens (tertiary/aromatic N) is 2. The molecule has 2 aliphatic heterocycles. The molecule has 4 aliphatic carbocycles. The Morgan fingerprint density at radius 3 is 1.62 bits per heavy atom. The van der Waals surface area contributed by atoms with Gasteiger partial charge in [-0.1, -0.05) is 216 Å². The highest BCUT2D eigenvalue weighted by molar-refractivity contribution is 6.18. The first-order chi connectivity index (χ1) is 41.0. The second kappa shape index (κ2) is 19.2. The highest BCUT2D eigenvalue weighted by atomic mass is 15.3. The maximum Gasteiger partial charge on any atom is 0.0517 e. The van der Waals surface area contributed by atoms with Crippen molar-refractivity contribution in [2.75, 3.05) is 9.80 Å². The fourth-order valence-corrected chi connectivity index (χ4v) is 17.3. The summed E-state index contributed by atoms with van der Waals surface area (Å²) in [6.45, 7) is 14.8. The maximum absolute atomic E-state index is 4.71. The molecule has 6 aliphatic rings. The SMILES string of the molecule is C=C1/C=C\C=C(\c2ccc3c(c2)C2(C)CCCCC2(C)N3c2ccccc2)C/C=C\C=C1c1ccc2c3c(c4ccccc4c2c1)-c1cc(-c2cccc4c(-c5ccc6c(c5)C5(C)CCCCC5(C)N6c5ccccc5)cccc24)ccc1C3. The smallest absolute Gasteiger partial charge is 0.0517 e. The van der Waals surface area contributed by atoms with Gasteiger partial charge in [0.25, 0.3) is 0 Å². The molecule has 0 aromatic heterocycles. The Labute approximate surface area is 496 Å². The van der Waals surface area contributed by atoms with Gasteiger partial charge in [0, 0.05) is 33.6 Å². The number of rotatable bonds is 6. The monoisotopic (exact) mass is 1080 g/mol. The molecule has 0 radical (unpaired) electrons. The minimum absolute atomic E-state index is 0.0159. The molecule has 0 N–H and O–H groups in total. The number of fused-ring (bicyclic) bond motifs is 15. The number of para-hydroxylation sites is 2. The van der Waals surface area contributed by atoms with Crippen LogP contribution in [0.4, 0.5) is 22.7 Å². The van der Waals surface area contributed by atoms with Crippen molar-refractivity contribution in [3.05, 3.63) is 276 Å². The van der Waals surface area contributed by atoms with Crippen LogP contribution >= 0.6 is 0 Å². The second-order valence-corrected chi connectivity index (χ2v) is 26.1. The Hall–Kier alpha value is -8.72. The highest BCUT2D eigenvalue weighted by Crippen LogP contribution is 2.63. The van der Waals surface area contributed by atoms with E-state index in [1.807, 2.05) is 0 Å². The van der Waals surface area contributed by atoms with Crippen LogP contribution in [-0.4, -0.2) is 11.1 Å². The topological polar surface area (TPSA) is 6.48 Å². The van der Waals surface area contributed by atoms with E-state index in [0.29, 0.717) is 0 Å². The van der Waals surface area contributed by atoms with Gasteiger partial charge in [-0.05, 0) is 229 Å². The van der Waals surface area contributed by atoms with Crippen LogP contribution in [0.1, 0.15) is 119 Å². The fourth-order valence-electron chi connectivity index (χ4n) is 17.3. The molecule has 4 atom stereocenters. The first-order valence-corrected chi connectivity index (χ1v) is 31.1. The van der Waals surface area contributed by atoms with Crippen LogP contribution in [-0.2, 0) is 17.3 Å². The lowest BCUT2D eigenvalue weighted by Gasteiger charge is -2.50. The first-order valence-electron chi connectivity index (χ1n) is 31.1. The van der Waals surface area contributed by atoms with Crippen molar-refractivity contribution in [2.24, 2.45) is 0 Å². The highest BCUT2D eigenvalue weighted by Gasteiger charge is 2.59. The van der Waals surface area contributed by atoms with E-state index in [0.717, 1.165) is 24.0 Å². The van der Waals surface area contributed by atoms with E-state index in [9.17, 15) is 0 Å². The number of hydrogen-bond donors (Lipinski definition) is 0. The molecule has 2 fully saturated rings. The Balaban J connectivity index is 0.715. The lowest BCUT2D eigenvalue weighted by atomic mass is 9.61. The molecule has 0 bridgehead atoms. The van der Waals surface area contributed by atoms with E-state index < -0.39 is 0 Å². The summed E-state index contributed by atoms with van der Waals surface area (Å²) in [5.41, 5.74) is 25.1. The zero-order valence-corrected chi connectivity index (χ0v) is 49.1. The van der Waals surface area contributed by atoms with Crippen molar-refractivity contribution in [1.82, 2.24) is 0 Å². The fraction of sp³-hybridized carbons (Fsp3) is 0.220. The zero-order valence-electron chi connectivity index (χ0n) is 49.1. The van der Waals surface area contributed by atoms with E-state index in [1.54, 1.807) is 0 Å². The summed E-state index contributed by atoms with van der Waals surface area (Å²) in [6.07, 6.45) is 25.3. The average Bonchev–Trinajstić information content (AvgIpc) is 1.97. The van der Waals surface area contributed by atoms with E-state index in [-0.39, 0.29) is 21.9 Å². The Kier molecular flexibility index (Phi) is 11.6. The van der Waals surface area contributed by atoms with Crippen molar-refractivity contribution >= 4 is 66.2 Å². The van der Waals surface area contributed by atoms with Gasteiger partial charge in [-0.2, -0.15) is 0 Å². The van der Waals surface area contributed by atoms with Crippen molar-refractivity contribution in [2.45, 2.75) is 114 Å². The molecular formula is C82H72N2. The normalized spacial score (nSPS) is 24.6. The summed E-state index contributed by atoms with van der Waals surface area (Å²) in [7, 11) is 0. The van der Waals surface area contributed by atoms with Gasteiger partial charge in [0.2, 0.25) is 0 Å². The molecule has 0 saturated heterocycles. The van der Waals surface area contributed by atoms with Crippen molar-refractivity contribution in [1.29, 1.82) is 0 Å². The van der Waals surface area contributed by atoms with Crippen LogP contribution in [0.2, 0.25) is 0 Å². The van der Waals surface area contributed by atoms with Gasteiger partial charge >= 0.3 is 0 Å². The zero-order chi connectivity index (χ0) is 56.5. The third-order valence-corrected chi connectivity index (χ3v) is 22.0. The standard InChI is InChI=1S/C82H72N2/c1-54-23-20-25-55(56-40-43-76-74(52-56)79(2)45-16-18-47-81(79,4)83(76)61-26-8-6-9-27-61)24-12-13-30-63(54)57-39-42-69-72(50-57)68-31-14-15-32-70(68)78-71-49-58(37-38-59(71)51-73(69)78)64-33-21-36-67-65(34-22-35-66(64)67)60-41-44-77-75(53-60)80(3)46-17-19-48-82(80,5)84(77)62-28-10-7-11-29-62/h6-15,20-23,25-44,49-50,52-53H,1,16-19,24,45-48,51H2,2-5H3/b13-12-,23-20-,55-25+,63-30?. The minimum atomic E-state index is 0.0159. The lowest BCUT2D eigenvalue weighted by Crippen LogP contribution is -2.54. The molecule has 0 amide bonds. The van der Waals surface area contributed by atoms with Crippen LogP contribution in [0.15, 0.2) is 243 Å². The van der Waals surface area contributed by atoms with Gasteiger partial charge in [0.05, 0.1) is 11.1 Å². The average molecular weight is 1090 g/mol. The predicted octanol–water partition coefficient (Wildman–Crippen LogP) is 22.1. The molecule has 84 heavy (non-hydrogen) atoms. The molecule has 10 aromatic carbocycles. The Bertz CT molecular complexity index is 4530. The predicted molar refractivity (Wildman–Crippen MR) is 358 cm³/mol. The molecule has 16 rings (SSSR count). The van der Waals surface area contributed by atoms with Gasteiger partial charge in [-0.3, -0.25) is 0 Å². The van der Waals surface area contributed by atoms with E-state index in [4.69, 9.17) is 6.58 Å². The van der Waals surface area contributed by atoms with Crippen LogP contribution in [0.5, 0.6) is 0 Å². The Morgan fingerprint density at radius 1 is 0.417 bits per heavy atom. The molecule has 10 aromatic rings. The lowest BCUT2D eigenvalue weighted by molar-refractivity contribution is 0.195. The van der Waals surface area contributed by atoms with Crippen molar-refractivity contribution in [3.63, 3.8) is 0 Å². The largest absolute Gasteiger partial charge is 0.334 e.